The third-order valence-corrected chi connectivity index (χ3v) is 6.56. The molecule has 1 heterocycles. The van der Waals surface area contributed by atoms with Gasteiger partial charge in [0.1, 0.15) is 16.8 Å². The van der Waals surface area contributed by atoms with E-state index in [4.69, 9.17) is 9.47 Å². The predicted octanol–water partition coefficient (Wildman–Crippen LogP) is 4.74. The lowest BCUT2D eigenvalue weighted by molar-refractivity contribution is 0.0511. The van der Waals surface area contributed by atoms with Crippen molar-refractivity contribution in [2.75, 3.05) is 19.0 Å². The van der Waals surface area contributed by atoms with E-state index in [1.807, 2.05) is 36.0 Å². The number of rotatable bonds is 8. The molecule has 0 N–H and O–H groups in total. The number of nitriles is 1. The van der Waals surface area contributed by atoms with Crippen LogP contribution in [0.2, 0.25) is 0 Å². The average molecular weight is 372 g/mol. The molecular formula is C19H19N2O2S2. The molecule has 4 nitrogen and oxygen atoms in total. The first-order valence-corrected chi connectivity index (χ1v) is 10.1. The molecule has 2 aromatic rings. The van der Waals surface area contributed by atoms with Crippen LogP contribution < -0.4 is 4.74 Å². The molecule has 0 bridgehead atoms. The second-order valence-electron chi connectivity index (χ2n) is 5.65. The molecule has 0 saturated heterocycles. The Labute approximate surface area is 156 Å². The van der Waals surface area contributed by atoms with Gasteiger partial charge in [-0.3, -0.25) is 0 Å². The molecule has 129 valence electrons. The Balaban J connectivity index is 1.74. The summed E-state index contributed by atoms with van der Waals surface area (Å²) in [7, 11) is 1.59. The molecule has 1 aromatic heterocycles. The van der Waals surface area contributed by atoms with Gasteiger partial charge in [0, 0.05) is 23.0 Å². The zero-order chi connectivity index (χ0) is 17.5. The van der Waals surface area contributed by atoms with Crippen LogP contribution in [0.15, 0.2) is 35.4 Å². The molecular weight excluding hydrogens is 352 g/mol. The first kappa shape index (κ1) is 18.1. The van der Waals surface area contributed by atoms with Gasteiger partial charge in [0.05, 0.1) is 11.8 Å². The Morgan fingerprint density at radius 2 is 2.12 bits per heavy atom. The van der Waals surface area contributed by atoms with Crippen molar-refractivity contribution in [3.05, 3.63) is 42.1 Å². The first-order chi connectivity index (χ1) is 12.3. The topological polar surface area (TPSA) is 55.1 Å². The number of benzene rings is 1. The van der Waals surface area contributed by atoms with Gasteiger partial charge in [-0.2, -0.15) is 5.26 Å². The van der Waals surface area contributed by atoms with Crippen molar-refractivity contribution in [2.24, 2.45) is 0 Å². The zero-order valence-corrected chi connectivity index (χ0v) is 15.7. The van der Waals surface area contributed by atoms with Gasteiger partial charge in [0.2, 0.25) is 0 Å². The van der Waals surface area contributed by atoms with Crippen LogP contribution in [0.4, 0.5) is 0 Å². The largest absolute Gasteiger partial charge is 0.468 e. The first-order valence-electron chi connectivity index (χ1n) is 8.09. The number of thioether (sulfide) groups is 2. The molecule has 1 aliphatic rings. The Morgan fingerprint density at radius 1 is 1.32 bits per heavy atom. The predicted molar refractivity (Wildman–Crippen MR) is 102 cm³/mol. The van der Waals surface area contributed by atoms with E-state index in [1.165, 1.54) is 19.3 Å². The summed E-state index contributed by atoms with van der Waals surface area (Å²) in [5.41, 5.74) is 2.42. The number of hydrogen-bond acceptors (Lipinski definition) is 6. The lowest BCUT2D eigenvalue weighted by Gasteiger charge is -2.24. The van der Waals surface area contributed by atoms with E-state index in [0.29, 0.717) is 5.56 Å². The molecule has 25 heavy (non-hydrogen) atoms. The lowest BCUT2D eigenvalue weighted by Crippen LogP contribution is -2.13. The Morgan fingerprint density at radius 3 is 2.76 bits per heavy atom. The van der Waals surface area contributed by atoms with Crippen LogP contribution in [0.3, 0.4) is 0 Å². The number of methoxy groups -OCH3 is 1. The minimum absolute atomic E-state index is 0.214. The smallest absolute Gasteiger partial charge is 0.188 e. The Kier molecular flexibility index (Phi) is 6.62. The minimum atomic E-state index is 0.214. The van der Waals surface area contributed by atoms with E-state index in [1.54, 1.807) is 24.9 Å². The average Bonchev–Trinajstić information content (AvgIpc) is 2.62. The summed E-state index contributed by atoms with van der Waals surface area (Å²) in [6, 6.07) is 11.7. The van der Waals surface area contributed by atoms with Gasteiger partial charge in [0.25, 0.3) is 0 Å². The van der Waals surface area contributed by atoms with Crippen molar-refractivity contribution < 1.29 is 9.47 Å². The highest BCUT2D eigenvalue weighted by molar-refractivity contribution is 8.16. The monoisotopic (exact) mass is 371 g/mol. The molecule has 1 radical (unpaired) electrons. The van der Waals surface area contributed by atoms with Crippen LogP contribution in [-0.4, -0.2) is 29.2 Å². The van der Waals surface area contributed by atoms with Gasteiger partial charge in [-0.05, 0) is 36.6 Å². The summed E-state index contributed by atoms with van der Waals surface area (Å²) in [4.78, 5) is 4.30. The standard InChI is InChI=1S/C19H19N2O2S2/c1-22-12-23-15-7-5-14(6-8-15)17-9-10-21-19(18(17)11-20)25-13-24-16-3-2-4-16/h5-9,16H,2-4,12-13H2,1H3. The number of nitrogens with zero attached hydrogens (tertiary/aromatic N) is 2. The van der Waals surface area contributed by atoms with Crippen molar-refractivity contribution in [3.8, 4) is 22.9 Å². The molecule has 1 fully saturated rings. The number of aromatic nitrogens is 1. The van der Waals surface area contributed by atoms with Gasteiger partial charge in [0.15, 0.2) is 6.79 Å². The summed E-state index contributed by atoms with van der Waals surface area (Å²) in [5, 5.41) is 12.1. The Bertz CT molecular complexity index is 740. The maximum Gasteiger partial charge on any atom is 0.188 e. The summed E-state index contributed by atoms with van der Waals surface area (Å²) in [5.74, 6) is 0.730. The fourth-order valence-electron chi connectivity index (χ4n) is 2.42. The maximum atomic E-state index is 9.63. The molecule has 0 amide bonds. The molecule has 1 aromatic carbocycles. The van der Waals surface area contributed by atoms with Crippen LogP contribution in [0.5, 0.6) is 5.75 Å². The van der Waals surface area contributed by atoms with E-state index < -0.39 is 0 Å². The fraction of sp³-hybridized carbons (Fsp3) is 0.368. The summed E-state index contributed by atoms with van der Waals surface area (Å²) in [6.45, 7) is 0.214. The third kappa shape index (κ3) is 4.69. The third-order valence-electron chi connectivity index (χ3n) is 4.03. The highest BCUT2D eigenvalue weighted by atomic mass is 32.2. The minimum Gasteiger partial charge on any atom is -0.468 e. The SMILES string of the molecule is COCOc1ccc(-c2c[c]nc(SCSC3CCC3)c2C#N)cc1. The summed E-state index contributed by atoms with van der Waals surface area (Å²) < 4.78 is 10.3. The molecule has 6 heteroatoms. The maximum absolute atomic E-state index is 9.63. The number of hydrogen-bond donors (Lipinski definition) is 0. The van der Waals surface area contributed by atoms with Gasteiger partial charge in [-0.15, -0.1) is 11.8 Å². The van der Waals surface area contributed by atoms with Crippen LogP contribution in [0.1, 0.15) is 24.8 Å². The fourth-order valence-corrected chi connectivity index (χ4v) is 4.99. The van der Waals surface area contributed by atoms with E-state index in [-0.39, 0.29) is 6.79 Å². The normalized spacial score (nSPS) is 13.9. The van der Waals surface area contributed by atoms with Crippen molar-refractivity contribution in [3.63, 3.8) is 0 Å². The number of ether oxygens (including phenoxy) is 2. The van der Waals surface area contributed by atoms with Crippen molar-refractivity contribution in [2.45, 2.75) is 29.5 Å². The van der Waals surface area contributed by atoms with Gasteiger partial charge >= 0.3 is 0 Å². The summed E-state index contributed by atoms with van der Waals surface area (Å²) >= 11 is 3.59. The van der Waals surface area contributed by atoms with E-state index >= 15 is 0 Å². The van der Waals surface area contributed by atoms with Crippen molar-refractivity contribution >= 4 is 23.5 Å². The second kappa shape index (κ2) is 9.14. The highest BCUT2D eigenvalue weighted by Crippen LogP contribution is 2.36. The Hall–Kier alpha value is -1.68. The molecule has 1 aliphatic carbocycles. The highest BCUT2D eigenvalue weighted by Gasteiger charge is 2.18. The number of pyridine rings is 1. The quantitative estimate of drug-likeness (QED) is 0.493. The van der Waals surface area contributed by atoms with E-state index in [9.17, 15) is 5.26 Å². The van der Waals surface area contributed by atoms with Gasteiger partial charge in [-0.1, -0.05) is 30.3 Å². The van der Waals surface area contributed by atoms with E-state index in [2.05, 4.69) is 17.3 Å². The lowest BCUT2D eigenvalue weighted by atomic mass is 10.0. The van der Waals surface area contributed by atoms with Crippen molar-refractivity contribution in [1.82, 2.24) is 4.98 Å². The molecule has 0 aliphatic heterocycles. The van der Waals surface area contributed by atoms with Crippen LogP contribution in [0, 0.1) is 17.5 Å². The molecule has 0 spiro atoms. The van der Waals surface area contributed by atoms with E-state index in [0.717, 1.165) is 32.2 Å². The second-order valence-corrected chi connectivity index (χ2v) is 8.27. The van der Waals surface area contributed by atoms with Crippen LogP contribution in [0.25, 0.3) is 11.1 Å². The molecule has 0 atom stereocenters. The summed E-state index contributed by atoms with van der Waals surface area (Å²) in [6.07, 6.45) is 6.91. The van der Waals surface area contributed by atoms with Crippen molar-refractivity contribution in [1.29, 1.82) is 5.26 Å². The molecule has 3 rings (SSSR count). The molecule has 1 saturated carbocycles. The van der Waals surface area contributed by atoms with Gasteiger partial charge < -0.3 is 9.47 Å². The zero-order valence-electron chi connectivity index (χ0n) is 14.0. The van der Waals surface area contributed by atoms with Crippen LogP contribution >= 0.6 is 23.5 Å². The molecule has 0 unspecified atom stereocenters. The van der Waals surface area contributed by atoms with Gasteiger partial charge in [-0.25, -0.2) is 4.98 Å². The van der Waals surface area contributed by atoms with Crippen LogP contribution in [-0.2, 0) is 4.74 Å².